The quantitative estimate of drug-likeness (QED) is 0.656. The predicted octanol–water partition coefficient (Wildman–Crippen LogP) is 1.09. The molecule has 1 aliphatic carbocycles. The molecular weight excluding hydrogens is 171 g/mol. The zero-order valence-corrected chi connectivity index (χ0v) is 7.53. The molecule has 3 nitrogen and oxygen atoms in total. The zero-order chi connectivity index (χ0) is 9.84. The Morgan fingerprint density at radius 1 is 1.62 bits per heavy atom. The van der Waals surface area contributed by atoms with Crippen LogP contribution >= 0.6 is 0 Å². The number of halogens is 1. The topological polar surface area (TPSA) is 48.0 Å². The van der Waals surface area contributed by atoms with Crippen molar-refractivity contribution < 1.29 is 4.39 Å². The lowest BCUT2D eigenvalue weighted by Crippen LogP contribution is -2.18. The smallest absolute Gasteiger partial charge is 0.273 e. The molecular formula is C9H13FN2O. The van der Waals surface area contributed by atoms with Gasteiger partial charge in [0.05, 0.1) is 5.69 Å². The van der Waals surface area contributed by atoms with Crippen LogP contribution in [0.25, 0.3) is 0 Å². The molecule has 0 saturated heterocycles. The molecule has 0 bridgehead atoms. The molecule has 13 heavy (non-hydrogen) atoms. The second-order valence-electron chi connectivity index (χ2n) is 3.05. The molecule has 0 atom stereocenters. The molecule has 1 aliphatic rings. The number of aromatic nitrogens is 1. The van der Waals surface area contributed by atoms with E-state index in [1.807, 2.05) is 0 Å². The third kappa shape index (κ3) is 3.27. The first-order valence-electron chi connectivity index (χ1n) is 4.16. The van der Waals surface area contributed by atoms with Crippen molar-refractivity contribution in [3.05, 3.63) is 28.7 Å². The van der Waals surface area contributed by atoms with E-state index in [0.29, 0.717) is 5.69 Å². The number of nitrogen functional groups attached to an aromatic ring is 1. The monoisotopic (exact) mass is 184 g/mol. The van der Waals surface area contributed by atoms with E-state index in [1.165, 1.54) is 4.57 Å². The SMILES string of the molecule is Cn1cccc(N)c1=O.FC1CC1. The first-order chi connectivity index (χ1) is 6.11. The lowest BCUT2D eigenvalue weighted by molar-refractivity contribution is 0.480. The highest BCUT2D eigenvalue weighted by Crippen LogP contribution is 2.22. The summed E-state index contributed by atoms with van der Waals surface area (Å²) in [6.07, 6.45) is 2.89. The summed E-state index contributed by atoms with van der Waals surface area (Å²) in [6.45, 7) is 0. The molecule has 1 saturated carbocycles. The predicted molar refractivity (Wildman–Crippen MR) is 50.2 cm³/mol. The Morgan fingerprint density at radius 3 is 2.46 bits per heavy atom. The van der Waals surface area contributed by atoms with Gasteiger partial charge in [-0.15, -0.1) is 0 Å². The highest BCUT2D eigenvalue weighted by atomic mass is 19.1. The molecule has 72 valence electrons. The van der Waals surface area contributed by atoms with Gasteiger partial charge in [-0.1, -0.05) is 0 Å². The molecule has 0 aliphatic heterocycles. The highest BCUT2D eigenvalue weighted by molar-refractivity contribution is 5.33. The number of rotatable bonds is 0. The van der Waals surface area contributed by atoms with Crippen LogP contribution in [0.15, 0.2) is 23.1 Å². The summed E-state index contributed by atoms with van der Waals surface area (Å²) in [7, 11) is 1.67. The summed E-state index contributed by atoms with van der Waals surface area (Å²) in [5, 5.41) is 0. The maximum absolute atomic E-state index is 11.1. The van der Waals surface area contributed by atoms with Gasteiger partial charge in [-0.05, 0) is 25.0 Å². The van der Waals surface area contributed by atoms with Gasteiger partial charge >= 0.3 is 0 Å². The molecule has 1 aromatic heterocycles. The Balaban J connectivity index is 0.000000175. The molecule has 0 amide bonds. The van der Waals surface area contributed by atoms with E-state index in [2.05, 4.69) is 0 Å². The molecule has 1 heterocycles. The van der Waals surface area contributed by atoms with Crippen molar-refractivity contribution in [3.8, 4) is 0 Å². The van der Waals surface area contributed by atoms with Gasteiger partial charge in [-0.2, -0.15) is 0 Å². The Hall–Kier alpha value is -1.32. The van der Waals surface area contributed by atoms with Gasteiger partial charge in [0.25, 0.3) is 5.56 Å². The van der Waals surface area contributed by atoms with Gasteiger partial charge in [0, 0.05) is 13.2 Å². The molecule has 2 N–H and O–H groups in total. The minimum absolute atomic E-state index is 0.141. The first-order valence-corrected chi connectivity index (χ1v) is 4.16. The fourth-order valence-corrected chi connectivity index (χ4v) is 0.681. The number of hydrogen-bond donors (Lipinski definition) is 1. The van der Waals surface area contributed by atoms with Crippen LogP contribution in [0.1, 0.15) is 12.8 Å². The summed E-state index contributed by atoms with van der Waals surface area (Å²) >= 11 is 0. The molecule has 0 spiro atoms. The van der Waals surface area contributed by atoms with Crippen molar-refractivity contribution in [3.63, 3.8) is 0 Å². The third-order valence-corrected chi connectivity index (χ3v) is 1.66. The van der Waals surface area contributed by atoms with Crippen LogP contribution in [0.2, 0.25) is 0 Å². The van der Waals surface area contributed by atoms with E-state index in [9.17, 15) is 9.18 Å². The van der Waals surface area contributed by atoms with Crippen LogP contribution in [0.5, 0.6) is 0 Å². The van der Waals surface area contributed by atoms with Gasteiger partial charge in [-0.25, -0.2) is 4.39 Å². The van der Waals surface area contributed by atoms with Gasteiger partial charge in [0.15, 0.2) is 0 Å². The minimum Gasteiger partial charge on any atom is -0.394 e. The molecule has 0 radical (unpaired) electrons. The maximum atomic E-state index is 11.1. The number of pyridine rings is 1. The zero-order valence-electron chi connectivity index (χ0n) is 7.53. The maximum Gasteiger partial charge on any atom is 0.273 e. The summed E-state index contributed by atoms with van der Waals surface area (Å²) < 4.78 is 12.6. The Bertz CT molecular complexity index is 307. The molecule has 0 aromatic carbocycles. The second kappa shape index (κ2) is 4.07. The van der Waals surface area contributed by atoms with Crippen LogP contribution in [0, 0.1) is 0 Å². The van der Waals surface area contributed by atoms with Gasteiger partial charge in [0.2, 0.25) is 0 Å². The number of alkyl halides is 1. The second-order valence-corrected chi connectivity index (χ2v) is 3.05. The Morgan fingerprint density at radius 2 is 2.15 bits per heavy atom. The molecule has 1 aromatic rings. The summed E-state index contributed by atoms with van der Waals surface area (Å²) in [6, 6.07) is 3.32. The highest BCUT2D eigenvalue weighted by Gasteiger charge is 2.18. The van der Waals surface area contributed by atoms with Crippen LogP contribution in [0.4, 0.5) is 10.1 Å². The van der Waals surface area contributed by atoms with Crippen molar-refractivity contribution >= 4 is 5.69 Å². The Labute approximate surface area is 76.0 Å². The summed E-state index contributed by atoms with van der Waals surface area (Å²) in [4.78, 5) is 10.8. The van der Waals surface area contributed by atoms with E-state index >= 15 is 0 Å². The average molecular weight is 184 g/mol. The first kappa shape index (κ1) is 9.77. The summed E-state index contributed by atoms with van der Waals surface area (Å²) in [5.74, 6) is 0. The van der Waals surface area contributed by atoms with E-state index in [-0.39, 0.29) is 5.56 Å². The van der Waals surface area contributed by atoms with Crippen molar-refractivity contribution in [1.29, 1.82) is 0 Å². The van der Waals surface area contributed by atoms with E-state index in [1.54, 1.807) is 25.4 Å². The summed E-state index contributed by atoms with van der Waals surface area (Å²) in [5.41, 5.74) is 5.44. The molecule has 4 heteroatoms. The fraction of sp³-hybridized carbons (Fsp3) is 0.444. The number of anilines is 1. The van der Waals surface area contributed by atoms with Crippen molar-refractivity contribution in [2.24, 2.45) is 7.05 Å². The average Bonchev–Trinajstić information content (AvgIpc) is 2.84. The van der Waals surface area contributed by atoms with Crippen LogP contribution < -0.4 is 11.3 Å². The molecule has 2 rings (SSSR count). The Kier molecular flexibility index (Phi) is 3.06. The largest absolute Gasteiger partial charge is 0.394 e. The van der Waals surface area contributed by atoms with Crippen LogP contribution in [-0.4, -0.2) is 10.7 Å². The van der Waals surface area contributed by atoms with Crippen LogP contribution in [0.3, 0.4) is 0 Å². The van der Waals surface area contributed by atoms with Crippen LogP contribution in [-0.2, 0) is 7.05 Å². The normalized spacial score (nSPS) is 14.6. The van der Waals surface area contributed by atoms with E-state index in [0.717, 1.165) is 12.8 Å². The number of nitrogens with two attached hydrogens (primary N) is 1. The van der Waals surface area contributed by atoms with Gasteiger partial charge < -0.3 is 10.3 Å². The van der Waals surface area contributed by atoms with Gasteiger partial charge in [0.1, 0.15) is 6.17 Å². The fourth-order valence-electron chi connectivity index (χ4n) is 0.681. The third-order valence-electron chi connectivity index (χ3n) is 1.66. The molecule has 1 fully saturated rings. The van der Waals surface area contributed by atoms with E-state index < -0.39 is 6.17 Å². The number of nitrogens with zero attached hydrogens (tertiary/aromatic N) is 1. The van der Waals surface area contributed by atoms with Gasteiger partial charge in [-0.3, -0.25) is 4.79 Å². The van der Waals surface area contributed by atoms with E-state index in [4.69, 9.17) is 5.73 Å². The lowest BCUT2D eigenvalue weighted by atomic mass is 10.4. The number of aryl methyl sites for hydroxylation is 1. The molecule has 0 unspecified atom stereocenters. The van der Waals surface area contributed by atoms with Crippen molar-refractivity contribution in [2.75, 3.05) is 5.73 Å². The van der Waals surface area contributed by atoms with Crippen molar-refractivity contribution in [2.45, 2.75) is 19.0 Å². The minimum atomic E-state index is -0.417. The lowest BCUT2D eigenvalue weighted by Gasteiger charge is -1.94. The number of hydrogen-bond acceptors (Lipinski definition) is 2. The standard InChI is InChI=1S/C6H8N2O.C3H5F/c1-8-4-2-3-5(7)6(8)9;4-3-1-2-3/h2-4H,7H2,1H3;3H,1-2H2. The van der Waals surface area contributed by atoms with Crippen molar-refractivity contribution in [1.82, 2.24) is 4.57 Å².